The van der Waals surface area contributed by atoms with E-state index < -0.39 is 0 Å². The third kappa shape index (κ3) is 8.86. The van der Waals surface area contributed by atoms with Gasteiger partial charge in [-0.1, -0.05) is 18.2 Å². The van der Waals surface area contributed by atoms with Crippen LogP contribution in [-0.2, 0) is 17.8 Å². The number of rotatable bonds is 10. The van der Waals surface area contributed by atoms with Crippen LogP contribution in [-0.4, -0.2) is 44.9 Å². The number of pyridine rings is 1. The normalized spacial score (nSPS) is 10.8. The van der Waals surface area contributed by atoms with Crippen LogP contribution in [0.3, 0.4) is 0 Å². The first-order valence-electron chi connectivity index (χ1n) is 9.40. The first kappa shape index (κ1) is 25.0. The molecule has 1 aromatic carbocycles. The number of aliphatic imine (C=N–C) groups is 1. The van der Waals surface area contributed by atoms with Crippen molar-refractivity contribution in [2.24, 2.45) is 4.99 Å². The van der Waals surface area contributed by atoms with Crippen LogP contribution in [0.5, 0.6) is 11.6 Å². The zero-order valence-corrected chi connectivity index (χ0v) is 19.9. The Morgan fingerprint density at radius 2 is 1.90 bits per heavy atom. The Bertz CT molecular complexity index is 771. The van der Waals surface area contributed by atoms with Gasteiger partial charge in [0.15, 0.2) is 5.96 Å². The molecule has 0 aliphatic heterocycles. The predicted molar refractivity (Wildman–Crippen MR) is 126 cm³/mol. The van der Waals surface area contributed by atoms with Gasteiger partial charge < -0.3 is 24.8 Å². The molecule has 8 heteroatoms. The molecule has 7 nitrogen and oxygen atoms in total. The summed E-state index contributed by atoms with van der Waals surface area (Å²) in [6, 6.07) is 11.8. The van der Waals surface area contributed by atoms with Gasteiger partial charge in [-0.25, -0.2) is 4.98 Å². The summed E-state index contributed by atoms with van der Waals surface area (Å²) in [7, 11) is 3.35. The van der Waals surface area contributed by atoms with Crippen molar-refractivity contribution >= 4 is 29.9 Å². The molecule has 29 heavy (non-hydrogen) atoms. The second-order valence-corrected chi connectivity index (χ2v) is 6.11. The Morgan fingerprint density at radius 1 is 1.10 bits per heavy atom. The van der Waals surface area contributed by atoms with Gasteiger partial charge in [-0.15, -0.1) is 24.0 Å². The fourth-order valence-corrected chi connectivity index (χ4v) is 2.54. The zero-order valence-electron chi connectivity index (χ0n) is 17.5. The van der Waals surface area contributed by atoms with Crippen molar-refractivity contribution in [3.8, 4) is 11.6 Å². The summed E-state index contributed by atoms with van der Waals surface area (Å²) in [6.45, 7) is 6.95. The second-order valence-electron chi connectivity index (χ2n) is 6.11. The molecule has 2 N–H and O–H groups in total. The number of aryl methyl sites for hydroxylation is 1. The molecule has 2 aromatic rings. The zero-order chi connectivity index (χ0) is 20.2. The lowest BCUT2D eigenvalue weighted by atomic mass is 10.1. The van der Waals surface area contributed by atoms with Crippen molar-refractivity contribution in [3.05, 3.63) is 53.2 Å². The van der Waals surface area contributed by atoms with Crippen LogP contribution in [0.2, 0.25) is 0 Å². The van der Waals surface area contributed by atoms with Gasteiger partial charge in [-0.05, 0) is 31.5 Å². The second kappa shape index (κ2) is 14.0. The topological polar surface area (TPSA) is 77.0 Å². The molecule has 1 heterocycles. The molecule has 0 fully saturated rings. The number of guanidine groups is 1. The van der Waals surface area contributed by atoms with E-state index in [9.17, 15) is 0 Å². The van der Waals surface area contributed by atoms with E-state index in [1.807, 2.05) is 38.1 Å². The Morgan fingerprint density at radius 3 is 2.62 bits per heavy atom. The van der Waals surface area contributed by atoms with Crippen molar-refractivity contribution in [1.29, 1.82) is 0 Å². The Labute approximate surface area is 190 Å². The summed E-state index contributed by atoms with van der Waals surface area (Å²) >= 11 is 0. The molecule has 0 aliphatic carbocycles. The molecule has 0 unspecified atom stereocenters. The van der Waals surface area contributed by atoms with E-state index in [1.165, 1.54) is 0 Å². The molecular weight excluding hydrogens is 483 g/mol. The smallest absolute Gasteiger partial charge is 0.213 e. The van der Waals surface area contributed by atoms with Crippen LogP contribution in [0.15, 0.2) is 41.4 Å². The van der Waals surface area contributed by atoms with Crippen LogP contribution in [0.25, 0.3) is 0 Å². The van der Waals surface area contributed by atoms with E-state index in [1.54, 1.807) is 14.2 Å². The minimum Gasteiger partial charge on any atom is -0.491 e. The first-order valence-corrected chi connectivity index (χ1v) is 9.40. The number of nitrogens with zero attached hydrogens (tertiary/aromatic N) is 2. The molecule has 160 valence electrons. The minimum absolute atomic E-state index is 0. The van der Waals surface area contributed by atoms with Gasteiger partial charge in [0, 0.05) is 31.8 Å². The summed E-state index contributed by atoms with van der Waals surface area (Å²) in [5, 5.41) is 6.57. The van der Waals surface area contributed by atoms with Crippen LogP contribution in [0.1, 0.15) is 23.7 Å². The molecule has 1 aromatic heterocycles. The third-order valence-electron chi connectivity index (χ3n) is 4.01. The van der Waals surface area contributed by atoms with Crippen molar-refractivity contribution in [1.82, 2.24) is 15.6 Å². The fourth-order valence-electron chi connectivity index (χ4n) is 2.54. The molecule has 0 saturated carbocycles. The van der Waals surface area contributed by atoms with Crippen molar-refractivity contribution in [3.63, 3.8) is 0 Å². The summed E-state index contributed by atoms with van der Waals surface area (Å²) in [6.07, 6.45) is 0. The average molecular weight is 514 g/mol. The van der Waals surface area contributed by atoms with Crippen LogP contribution in [0, 0.1) is 6.92 Å². The highest BCUT2D eigenvalue weighted by atomic mass is 127. The maximum Gasteiger partial charge on any atom is 0.213 e. The largest absolute Gasteiger partial charge is 0.491 e. The first-order chi connectivity index (χ1) is 13.7. The summed E-state index contributed by atoms with van der Waals surface area (Å²) in [4.78, 5) is 8.66. The van der Waals surface area contributed by atoms with Crippen molar-refractivity contribution in [2.45, 2.75) is 26.9 Å². The molecule has 0 aliphatic rings. The van der Waals surface area contributed by atoms with E-state index in [0.717, 1.165) is 22.6 Å². The van der Waals surface area contributed by atoms with E-state index in [0.29, 0.717) is 44.7 Å². The van der Waals surface area contributed by atoms with Gasteiger partial charge in [-0.2, -0.15) is 0 Å². The average Bonchev–Trinajstić information content (AvgIpc) is 2.72. The van der Waals surface area contributed by atoms with Gasteiger partial charge in [0.25, 0.3) is 0 Å². The minimum atomic E-state index is 0. The highest BCUT2D eigenvalue weighted by molar-refractivity contribution is 14.0. The number of halogens is 1. The van der Waals surface area contributed by atoms with E-state index in [2.05, 4.69) is 32.7 Å². The van der Waals surface area contributed by atoms with Crippen LogP contribution in [0.4, 0.5) is 0 Å². The molecular formula is C21H31IN4O3. The van der Waals surface area contributed by atoms with E-state index in [-0.39, 0.29) is 24.0 Å². The quantitative estimate of drug-likeness (QED) is 0.219. The van der Waals surface area contributed by atoms with Crippen molar-refractivity contribution in [2.75, 3.05) is 34.0 Å². The number of methoxy groups -OCH3 is 1. The summed E-state index contributed by atoms with van der Waals surface area (Å²) < 4.78 is 16.4. The number of hydrogen-bond acceptors (Lipinski definition) is 5. The molecule has 0 bridgehead atoms. The lowest BCUT2D eigenvalue weighted by Crippen LogP contribution is -2.36. The lowest BCUT2D eigenvalue weighted by molar-refractivity contribution is 0.110. The van der Waals surface area contributed by atoms with Gasteiger partial charge in [0.1, 0.15) is 12.4 Å². The van der Waals surface area contributed by atoms with Gasteiger partial charge in [0.05, 0.1) is 26.0 Å². The Kier molecular flexibility index (Phi) is 12.1. The number of ether oxygens (including phenoxy) is 3. The van der Waals surface area contributed by atoms with Gasteiger partial charge in [-0.3, -0.25) is 4.99 Å². The summed E-state index contributed by atoms with van der Waals surface area (Å²) in [5.41, 5.74) is 3.09. The fraction of sp³-hybridized carbons (Fsp3) is 0.429. The third-order valence-corrected chi connectivity index (χ3v) is 4.01. The molecule has 0 atom stereocenters. The lowest BCUT2D eigenvalue weighted by Gasteiger charge is -2.15. The SMILES string of the molecule is CCOCCOc1cc(C)ccc1CNC(=NC)NCc1cccc(OC)n1.I. The van der Waals surface area contributed by atoms with Crippen LogP contribution >= 0.6 is 24.0 Å². The number of hydrogen-bond donors (Lipinski definition) is 2. The maximum atomic E-state index is 5.89. The number of nitrogens with one attached hydrogen (secondary N) is 2. The predicted octanol–water partition coefficient (Wildman–Crippen LogP) is 3.30. The monoisotopic (exact) mass is 514 g/mol. The molecule has 2 rings (SSSR count). The van der Waals surface area contributed by atoms with Crippen molar-refractivity contribution < 1.29 is 14.2 Å². The van der Waals surface area contributed by atoms with Gasteiger partial charge >= 0.3 is 0 Å². The highest BCUT2D eigenvalue weighted by Crippen LogP contribution is 2.20. The van der Waals surface area contributed by atoms with Crippen LogP contribution < -0.4 is 20.1 Å². The standard InChI is InChI=1S/C21H30N4O3.HI/c1-5-27-11-12-28-19-13-16(2)9-10-17(19)14-23-21(22-3)24-15-18-7-6-8-20(25-18)26-4;/h6-10,13H,5,11-12,14-15H2,1-4H3,(H2,22,23,24);1H. The molecule has 0 amide bonds. The van der Waals surface area contributed by atoms with E-state index in [4.69, 9.17) is 14.2 Å². The Balaban J connectivity index is 0.00000420. The molecule has 0 radical (unpaired) electrons. The summed E-state index contributed by atoms with van der Waals surface area (Å²) in [5.74, 6) is 2.14. The maximum absolute atomic E-state index is 5.89. The van der Waals surface area contributed by atoms with Gasteiger partial charge in [0.2, 0.25) is 5.88 Å². The number of benzene rings is 1. The Hall–Kier alpha value is -2.07. The molecule has 0 spiro atoms. The highest BCUT2D eigenvalue weighted by Gasteiger charge is 2.07. The van der Waals surface area contributed by atoms with E-state index >= 15 is 0 Å². The molecule has 0 saturated heterocycles. The number of aromatic nitrogens is 1.